The SMILES string of the molecule is CCOC(=O)c1c(NC(=S)NC(=O)COc2ccc(Br)c(C)c2)sc2c1CCCC2. The average Bonchev–Trinajstić information content (AvgIpc) is 3.06. The first-order valence-corrected chi connectivity index (χ1v) is 11.7. The third kappa shape index (κ3) is 5.59. The Morgan fingerprint density at radius 3 is 2.77 bits per heavy atom. The maximum atomic E-state index is 12.5. The standard InChI is InChI=1S/C21H23BrN2O4S2/c1-3-27-20(26)18-14-6-4-5-7-16(14)30-19(18)24-21(29)23-17(25)11-28-13-8-9-15(22)12(2)10-13/h8-10H,3-7,11H2,1-2H3,(H2,23,24,25,29). The second kappa shape index (κ2) is 10.4. The van der Waals surface area contributed by atoms with Crippen molar-refractivity contribution in [1.29, 1.82) is 0 Å². The van der Waals surface area contributed by atoms with Crippen LogP contribution in [0.25, 0.3) is 0 Å². The molecule has 30 heavy (non-hydrogen) atoms. The molecule has 1 aliphatic rings. The minimum absolute atomic E-state index is 0.125. The highest BCUT2D eigenvalue weighted by Gasteiger charge is 2.27. The van der Waals surface area contributed by atoms with Crippen LogP contribution >= 0.6 is 39.5 Å². The molecule has 0 fully saturated rings. The molecule has 0 bridgehead atoms. The lowest BCUT2D eigenvalue weighted by Gasteiger charge is -2.13. The molecule has 0 spiro atoms. The first-order valence-electron chi connectivity index (χ1n) is 9.70. The molecule has 0 saturated heterocycles. The smallest absolute Gasteiger partial charge is 0.341 e. The molecule has 160 valence electrons. The largest absolute Gasteiger partial charge is 0.484 e. The monoisotopic (exact) mass is 510 g/mol. The van der Waals surface area contributed by atoms with Gasteiger partial charge >= 0.3 is 5.97 Å². The second-order valence-electron chi connectivity index (χ2n) is 6.84. The summed E-state index contributed by atoms with van der Waals surface area (Å²) in [7, 11) is 0. The van der Waals surface area contributed by atoms with Crippen LogP contribution in [0.3, 0.4) is 0 Å². The van der Waals surface area contributed by atoms with E-state index >= 15 is 0 Å². The summed E-state index contributed by atoms with van der Waals surface area (Å²) in [5.74, 6) is -0.144. The number of amides is 1. The maximum absolute atomic E-state index is 12.5. The zero-order chi connectivity index (χ0) is 21.7. The van der Waals surface area contributed by atoms with E-state index < -0.39 is 0 Å². The second-order valence-corrected chi connectivity index (χ2v) is 9.21. The van der Waals surface area contributed by atoms with E-state index in [0.717, 1.165) is 41.3 Å². The highest BCUT2D eigenvalue weighted by molar-refractivity contribution is 9.10. The molecule has 1 aromatic heterocycles. The van der Waals surface area contributed by atoms with Gasteiger partial charge in [0, 0.05) is 9.35 Å². The van der Waals surface area contributed by atoms with Crippen molar-refractivity contribution in [3.8, 4) is 5.75 Å². The number of aryl methyl sites for hydroxylation is 2. The van der Waals surface area contributed by atoms with E-state index in [-0.39, 0.29) is 23.6 Å². The van der Waals surface area contributed by atoms with Crippen molar-refractivity contribution in [2.24, 2.45) is 0 Å². The van der Waals surface area contributed by atoms with Crippen LogP contribution in [0.1, 0.15) is 46.1 Å². The molecule has 2 N–H and O–H groups in total. The molecule has 0 unspecified atom stereocenters. The maximum Gasteiger partial charge on any atom is 0.341 e. The van der Waals surface area contributed by atoms with E-state index in [4.69, 9.17) is 21.7 Å². The lowest BCUT2D eigenvalue weighted by molar-refractivity contribution is -0.121. The molecular formula is C21H23BrN2O4S2. The molecule has 0 aliphatic heterocycles. The Kier molecular flexibility index (Phi) is 7.85. The number of fused-ring (bicyclic) bond motifs is 1. The number of hydrogen-bond donors (Lipinski definition) is 2. The quantitative estimate of drug-likeness (QED) is 0.430. The van der Waals surface area contributed by atoms with Crippen LogP contribution in [0.5, 0.6) is 5.75 Å². The average molecular weight is 511 g/mol. The van der Waals surface area contributed by atoms with Crippen molar-refractivity contribution in [2.75, 3.05) is 18.5 Å². The molecule has 3 rings (SSSR count). The number of carbonyl (C=O) groups excluding carboxylic acids is 2. The van der Waals surface area contributed by atoms with Crippen molar-refractivity contribution in [1.82, 2.24) is 5.32 Å². The molecule has 1 amide bonds. The van der Waals surface area contributed by atoms with Gasteiger partial charge in [0.2, 0.25) is 0 Å². The van der Waals surface area contributed by atoms with E-state index in [0.29, 0.717) is 22.9 Å². The van der Waals surface area contributed by atoms with Gasteiger partial charge in [-0.25, -0.2) is 4.79 Å². The number of thiophene rings is 1. The van der Waals surface area contributed by atoms with Crippen LogP contribution in [0.4, 0.5) is 5.00 Å². The summed E-state index contributed by atoms with van der Waals surface area (Å²) in [6, 6.07) is 5.49. The summed E-state index contributed by atoms with van der Waals surface area (Å²) in [6.45, 7) is 3.85. The summed E-state index contributed by atoms with van der Waals surface area (Å²) >= 11 is 10.2. The van der Waals surface area contributed by atoms with Gasteiger partial charge in [-0.1, -0.05) is 15.9 Å². The lowest BCUT2D eigenvalue weighted by Crippen LogP contribution is -2.37. The summed E-state index contributed by atoms with van der Waals surface area (Å²) < 4.78 is 11.7. The van der Waals surface area contributed by atoms with Crippen molar-refractivity contribution in [3.63, 3.8) is 0 Å². The fourth-order valence-corrected chi connectivity index (χ4v) is 5.04. The number of hydrogen-bond acceptors (Lipinski definition) is 6. The first-order chi connectivity index (χ1) is 14.4. The number of esters is 1. The highest BCUT2D eigenvalue weighted by Crippen LogP contribution is 2.38. The Morgan fingerprint density at radius 1 is 1.27 bits per heavy atom. The zero-order valence-corrected chi connectivity index (χ0v) is 20.0. The van der Waals surface area contributed by atoms with Crippen molar-refractivity contribution < 1.29 is 19.1 Å². The van der Waals surface area contributed by atoms with Crippen LogP contribution in [-0.2, 0) is 22.4 Å². The van der Waals surface area contributed by atoms with Crippen molar-refractivity contribution in [3.05, 3.63) is 44.2 Å². The minimum atomic E-state index is -0.382. The van der Waals surface area contributed by atoms with Gasteiger partial charge < -0.3 is 14.8 Å². The topological polar surface area (TPSA) is 76.7 Å². The minimum Gasteiger partial charge on any atom is -0.484 e. The molecule has 1 heterocycles. The summed E-state index contributed by atoms with van der Waals surface area (Å²) in [5, 5.41) is 6.36. The normalized spacial score (nSPS) is 12.6. The Bertz CT molecular complexity index is 974. The van der Waals surface area contributed by atoms with Crippen LogP contribution < -0.4 is 15.4 Å². The van der Waals surface area contributed by atoms with Crippen LogP contribution in [0.2, 0.25) is 0 Å². The van der Waals surface area contributed by atoms with Gasteiger partial charge in [0.15, 0.2) is 11.7 Å². The number of ether oxygens (including phenoxy) is 2. The summed E-state index contributed by atoms with van der Waals surface area (Å²) in [4.78, 5) is 25.9. The number of nitrogens with one attached hydrogen (secondary N) is 2. The van der Waals surface area contributed by atoms with Gasteiger partial charge in [0.05, 0.1) is 12.2 Å². The van der Waals surface area contributed by atoms with E-state index in [9.17, 15) is 9.59 Å². The van der Waals surface area contributed by atoms with Crippen LogP contribution in [-0.4, -0.2) is 30.2 Å². The van der Waals surface area contributed by atoms with E-state index in [2.05, 4.69) is 26.6 Å². The molecule has 6 nitrogen and oxygen atoms in total. The molecule has 0 saturated carbocycles. The number of anilines is 1. The van der Waals surface area contributed by atoms with E-state index in [1.54, 1.807) is 13.0 Å². The Labute approximate surface area is 193 Å². The van der Waals surface area contributed by atoms with Gasteiger partial charge in [0.1, 0.15) is 10.8 Å². The van der Waals surface area contributed by atoms with Gasteiger partial charge in [-0.2, -0.15) is 0 Å². The molecule has 1 aromatic carbocycles. The predicted octanol–water partition coefficient (Wildman–Crippen LogP) is 4.77. The predicted molar refractivity (Wildman–Crippen MR) is 126 cm³/mol. The first kappa shape index (κ1) is 22.7. The Balaban J connectivity index is 1.62. The number of benzene rings is 1. The fraction of sp³-hybridized carbons (Fsp3) is 0.381. The van der Waals surface area contributed by atoms with E-state index in [1.807, 2.05) is 19.1 Å². The molecule has 2 aromatic rings. The zero-order valence-electron chi connectivity index (χ0n) is 16.8. The Hall–Kier alpha value is -1.97. The van der Waals surface area contributed by atoms with Gasteiger partial charge in [-0.05, 0) is 81.1 Å². The Morgan fingerprint density at radius 2 is 2.03 bits per heavy atom. The molecular weight excluding hydrogens is 488 g/mol. The summed E-state index contributed by atoms with van der Waals surface area (Å²) in [5.41, 5.74) is 2.59. The van der Waals surface area contributed by atoms with Crippen molar-refractivity contribution in [2.45, 2.75) is 39.5 Å². The molecule has 9 heteroatoms. The number of rotatable bonds is 6. The highest BCUT2D eigenvalue weighted by atomic mass is 79.9. The number of halogens is 1. The van der Waals surface area contributed by atoms with E-state index in [1.165, 1.54) is 16.2 Å². The van der Waals surface area contributed by atoms with Gasteiger partial charge in [-0.15, -0.1) is 11.3 Å². The molecule has 0 radical (unpaired) electrons. The third-order valence-electron chi connectivity index (χ3n) is 4.63. The van der Waals surface area contributed by atoms with Gasteiger partial charge in [-0.3, -0.25) is 10.1 Å². The molecule has 1 aliphatic carbocycles. The van der Waals surface area contributed by atoms with Gasteiger partial charge in [0.25, 0.3) is 5.91 Å². The van der Waals surface area contributed by atoms with Crippen LogP contribution in [0, 0.1) is 6.92 Å². The fourth-order valence-electron chi connectivity index (χ4n) is 3.23. The van der Waals surface area contributed by atoms with Crippen LogP contribution in [0.15, 0.2) is 22.7 Å². The van der Waals surface area contributed by atoms with Crippen molar-refractivity contribution >= 4 is 61.5 Å². The lowest BCUT2D eigenvalue weighted by atomic mass is 9.95. The molecule has 0 atom stereocenters. The number of carbonyl (C=O) groups is 2. The summed E-state index contributed by atoms with van der Waals surface area (Å²) in [6.07, 6.45) is 3.93. The number of thiocarbonyl (C=S) groups is 1. The third-order valence-corrected chi connectivity index (χ3v) is 6.93.